The van der Waals surface area contributed by atoms with Crippen molar-refractivity contribution in [2.45, 2.75) is 18.8 Å². The Kier molecular flexibility index (Phi) is 5.66. The molecule has 0 radical (unpaired) electrons. The number of carbonyl (C=O) groups is 1. The van der Waals surface area contributed by atoms with E-state index < -0.39 is 0 Å². The Labute approximate surface area is 193 Å². The van der Waals surface area contributed by atoms with E-state index >= 15 is 0 Å². The zero-order chi connectivity index (χ0) is 22.7. The summed E-state index contributed by atoms with van der Waals surface area (Å²) < 4.78 is 5.81. The van der Waals surface area contributed by atoms with Gasteiger partial charge in [0.2, 0.25) is 5.91 Å². The predicted octanol–water partition coefficient (Wildman–Crippen LogP) is 5.69. The van der Waals surface area contributed by atoms with Crippen LogP contribution in [-0.2, 0) is 10.2 Å². The van der Waals surface area contributed by atoms with Crippen molar-refractivity contribution in [1.29, 1.82) is 0 Å². The summed E-state index contributed by atoms with van der Waals surface area (Å²) in [5.41, 5.74) is 5.67. The van der Waals surface area contributed by atoms with Crippen LogP contribution in [0.4, 0.5) is 0 Å². The Morgan fingerprint density at radius 2 is 1.58 bits per heavy atom. The minimum absolute atomic E-state index is 0.0721. The van der Waals surface area contributed by atoms with E-state index in [1.807, 2.05) is 73.7 Å². The highest BCUT2D eigenvalue weighted by Crippen LogP contribution is 2.58. The fourth-order valence-electron chi connectivity index (χ4n) is 4.78. The van der Waals surface area contributed by atoms with E-state index in [1.54, 1.807) is 6.21 Å². The maximum absolute atomic E-state index is 13.2. The number of fused-ring (bicyclic) bond motifs is 1. The van der Waals surface area contributed by atoms with Crippen LogP contribution in [-0.4, -0.2) is 18.7 Å². The molecule has 0 aliphatic heterocycles. The highest BCUT2D eigenvalue weighted by atomic mass is 16.5. The Hall–Kier alpha value is -3.92. The maximum Gasteiger partial charge on any atom is 0.244 e. The highest BCUT2D eigenvalue weighted by molar-refractivity contribution is 6.02. The van der Waals surface area contributed by atoms with Gasteiger partial charge in [0, 0.05) is 11.0 Å². The summed E-state index contributed by atoms with van der Waals surface area (Å²) in [4.78, 5) is 13.2. The summed E-state index contributed by atoms with van der Waals surface area (Å²) in [6.07, 6.45) is 2.46. The standard InChI is InChI=1S/C29H26N2O2/c1-2-33-27-18-17-21-11-9-10-16-24(21)25(27)20-30-31-28(32)26-19-29(26,22-12-5-3-6-13-22)23-14-7-4-8-15-23/h3-18,20,26H,2,19H2,1H3,(H,31,32)/b30-20-/t26-/m1/s1. The lowest BCUT2D eigenvalue weighted by Gasteiger charge is -2.18. The molecular formula is C29H26N2O2. The van der Waals surface area contributed by atoms with Gasteiger partial charge < -0.3 is 4.74 Å². The Bertz CT molecular complexity index is 1260. The van der Waals surface area contributed by atoms with Crippen LogP contribution in [0.25, 0.3) is 10.8 Å². The van der Waals surface area contributed by atoms with Gasteiger partial charge in [0.1, 0.15) is 5.75 Å². The molecule has 1 aliphatic rings. The molecule has 1 fully saturated rings. The average molecular weight is 435 g/mol. The van der Waals surface area contributed by atoms with Gasteiger partial charge in [0.05, 0.1) is 18.7 Å². The average Bonchev–Trinajstić information content (AvgIpc) is 3.63. The molecule has 33 heavy (non-hydrogen) atoms. The minimum Gasteiger partial charge on any atom is -0.493 e. The molecule has 164 valence electrons. The molecule has 0 bridgehead atoms. The number of amides is 1. The number of hydrogen-bond acceptors (Lipinski definition) is 3. The van der Waals surface area contributed by atoms with Gasteiger partial charge in [-0.1, -0.05) is 91.0 Å². The van der Waals surface area contributed by atoms with Crippen LogP contribution in [0.5, 0.6) is 5.75 Å². The molecular weight excluding hydrogens is 408 g/mol. The number of carbonyl (C=O) groups excluding carboxylic acids is 1. The molecule has 0 aromatic heterocycles. The van der Waals surface area contributed by atoms with Crippen LogP contribution in [0, 0.1) is 5.92 Å². The first-order chi connectivity index (χ1) is 16.2. The molecule has 1 amide bonds. The molecule has 1 N–H and O–H groups in total. The second-order valence-electron chi connectivity index (χ2n) is 8.33. The molecule has 4 aromatic carbocycles. The SMILES string of the molecule is CCOc1ccc2ccccc2c1/C=N\NC(=O)[C@H]1CC1(c1ccccc1)c1ccccc1. The highest BCUT2D eigenvalue weighted by Gasteiger charge is 2.60. The van der Waals surface area contributed by atoms with Crippen molar-refractivity contribution in [2.75, 3.05) is 6.61 Å². The van der Waals surface area contributed by atoms with Crippen molar-refractivity contribution < 1.29 is 9.53 Å². The lowest BCUT2D eigenvalue weighted by molar-refractivity contribution is -0.122. The zero-order valence-corrected chi connectivity index (χ0v) is 18.6. The van der Waals surface area contributed by atoms with Gasteiger partial charge in [-0.3, -0.25) is 4.79 Å². The van der Waals surface area contributed by atoms with Gasteiger partial charge in [0.25, 0.3) is 0 Å². The van der Waals surface area contributed by atoms with Gasteiger partial charge in [-0.15, -0.1) is 0 Å². The van der Waals surface area contributed by atoms with E-state index in [4.69, 9.17) is 4.74 Å². The van der Waals surface area contributed by atoms with E-state index in [0.29, 0.717) is 6.61 Å². The number of nitrogens with one attached hydrogen (secondary N) is 1. The lowest BCUT2D eigenvalue weighted by atomic mass is 9.85. The second-order valence-corrected chi connectivity index (χ2v) is 8.33. The molecule has 0 unspecified atom stereocenters. The summed E-state index contributed by atoms with van der Waals surface area (Å²) >= 11 is 0. The van der Waals surface area contributed by atoms with Crippen LogP contribution >= 0.6 is 0 Å². The molecule has 0 saturated heterocycles. The quantitative estimate of drug-likeness (QED) is 0.300. The second kappa shape index (κ2) is 8.91. The number of ether oxygens (including phenoxy) is 1. The first-order valence-corrected chi connectivity index (χ1v) is 11.3. The Morgan fingerprint density at radius 1 is 0.939 bits per heavy atom. The van der Waals surface area contributed by atoms with Gasteiger partial charge in [-0.25, -0.2) is 5.43 Å². The normalized spacial score (nSPS) is 16.6. The Morgan fingerprint density at radius 3 is 2.24 bits per heavy atom. The van der Waals surface area contributed by atoms with E-state index in [0.717, 1.165) is 39.6 Å². The molecule has 4 heteroatoms. The molecule has 1 atom stereocenters. The van der Waals surface area contributed by atoms with Gasteiger partial charge >= 0.3 is 0 Å². The molecule has 0 heterocycles. The van der Waals surface area contributed by atoms with E-state index in [2.05, 4.69) is 40.9 Å². The molecule has 4 nitrogen and oxygen atoms in total. The third-order valence-corrected chi connectivity index (χ3v) is 6.45. The summed E-state index contributed by atoms with van der Waals surface area (Å²) in [5, 5.41) is 6.48. The van der Waals surface area contributed by atoms with Crippen molar-refractivity contribution in [2.24, 2.45) is 11.0 Å². The maximum atomic E-state index is 13.2. The molecule has 1 aliphatic carbocycles. The van der Waals surface area contributed by atoms with E-state index in [9.17, 15) is 4.79 Å². The van der Waals surface area contributed by atoms with Gasteiger partial charge in [-0.05, 0) is 41.3 Å². The zero-order valence-electron chi connectivity index (χ0n) is 18.6. The number of nitrogens with zero attached hydrogens (tertiary/aromatic N) is 1. The van der Waals surface area contributed by atoms with Crippen LogP contribution in [0.2, 0.25) is 0 Å². The third kappa shape index (κ3) is 3.89. The smallest absolute Gasteiger partial charge is 0.244 e. The van der Waals surface area contributed by atoms with E-state index in [-0.39, 0.29) is 17.2 Å². The molecule has 0 spiro atoms. The van der Waals surface area contributed by atoms with Crippen LogP contribution in [0.1, 0.15) is 30.0 Å². The summed E-state index contributed by atoms with van der Waals surface area (Å²) in [5.74, 6) is 0.513. The fourth-order valence-corrected chi connectivity index (χ4v) is 4.78. The van der Waals surface area contributed by atoms with Crippen LogP contribution in [0.3, 0.4) is 0 Å². The van der Waals surface area contributed by atoms with Crippen molar-refractivity contribution in [3.63, 3.8) is 0 Å². The third-order valence-electron chi connectivity index (χ3n) is 6.45. The number of hydrogen-bond donors (Lipinski definition) is 1. The van der Waals surface area contributed by atoms with Crippen molar-refractivity contribution in [3.8, 4) is 5.75 Å². The van der Waals surface area contributed by atoms with Gasteiger partial charge in [0.15, 0.2) is 0 Å². The number of rotatable bonds is 7. The van der Waals surface area contributed by atoms with Crippen LogP contribution < -0.4 is 10.2 Å². The Balaban J connectivity index is 1.41. The predicted molar refractivity (Wildman–Crippen MR) is 133 cm³/mol. The molecule has 5 rings (SSSR count). The topological polar surface area (TPSA) is 50.7 Å². The first-order valence-electron chi connectivity index (χ1n) is 11.3. The fraction of sp³-hybridized carbons (Fsp3) is 0.172. The monoisotopic (exact) mass is 434 g/mol. The number of benzene rings is 4. The summed E-state index contributed by atoms with van der Waals surface area (Å²) in [6, 6.07) is 32.6. The minimum atomic E-state index is -0.307. The van der Waals surface area contributed by atoms with Crippen molar-refractivity contribution in [1.82, 2.24) is 5.43 Å². The lowest BCUT2D eigenvalue weighted by Crippen LogP contribution is -2.25. The molecule has 4 aromatic rings. The summed E-state index contributed by atoms with van der Waals surface area (Å²) in [7, 11) is 0. The van der Waals surface area contributed by atoms with Crippen molar-refractivity contribution >= 4 is 22.9 Å². The van der Waals surface area contributed by atoms with Crippen LogP contribution in [0.15, 0.2) is 102 Å². The largest absolute Gasteiger partial charge is 0.493 e. The van der Waals surface area contributed by atoms with Gasteiger partial charge in [-0.2, -0.15) is 5.10 Å². The number of hydrazone groups is 1. The first kappa shape index (κ1) is 21.0. The van der Waals surface area contributed by atoms with Crippen molar-refractivity contribution in [3.05, 3.63) is 114 Å². The van der Waals surface area contributed by atoms with E-state index in [1.165, 1.54) is 0 Å². The summed E-state index contributed by atoms with van der Waals surface area (Å²) in [6.45, 7) is 2.52. The molecule has 1 saturated carbocycles.